The molecule has 2 saturated heterocycles. The molecule has 13 heavy (non-hydrogen) atoms. The summed E-state index contributed by atoms with van der Waals surface area (Å²) in [5.74, 6) is 0. The molecule has 2 rings (SSSR count). The number of nitrogens with zero attached hydrogens (tertiary/aromatic N) is 1. The van der Waals surface area contributed by atoms with Gasteiger partial charge in [-0.1, -0.05) is 13.3 Å². The van der Waals surface area contributed by atoms with Crippen molar-refractivity contribution in [2.45, 2.75) is 45.1 Å². The lowest BCUT2D eigenvalue weighted by molar-refractivity contribution is -0.00184. The topological polar surface area (TPSA) is 23.5 Å². The second-order valence-corrected chi connectivity index (χ2v) is 5.13. The quantitative estimate of drug-likeness (QED) is 0.668. The molecule has 0 aromatic carbocycles. The lowest BCUT2D eigenvalue weighted by atomic mass is 9.78. The smallest absolute Gasteiger partial charge is 0.0497 e. The molecule has 0 aliphatic carbocycles. The fourth-order valence-electron chi connectivity index (χ4n) is 2.81. The minimum Gasteiger partial charge on any atom is -0.396 e. The van der Waals surface area contributed by atoms with Crippen LogP contribution < -0.4 is 0 Å². The van der Waals surface area contributed by atoms with E-state index in [0.29, 0.717) is 6.61 Å². The van der Waals surface area contributed by atoms with Gasteiger partial charge in [0.05, 0.1) is 0 Å². The van der Waals surface area contributed by atoms with E-state index in [4.69, 9.17) is 0 Å². The molecule has 2 heterocycles. The van der Waals surface area contributed by atoms with Gasteiger partial charge in [-0.2, -0.15) is 0 Å². The second kappa shape index (κ2) is 3.58. The van der Waals surface area contributed by atoms with Crippen LogP contribution in [0, 0.1) is 5.41 Å². The molecule has 76 valence electrons. The van der Waals surface area contributed by atoms with E-state index in [0.717, 1.165) is 12.6 Å². The molecular weight excluding hydrogens is 162 g/mol. The van der Waals surface area contributed by atoms with Crippen molar-refractivity contribution in [2.75, 3.05) is 19.7 Å². The molecule has 0 spiro atoms. The van der Waals surface area contributed by atoms with Crippen molar-refractivity contribution in [1.82, 2.24) is 4.90 Å². The van der Waals surface area contributed by atoms with Crippen molar-refractivity contribution in [3.05, 3.63) is 0 Å². The van der Waals surface area contributed by atoms with Gasteiger partial charge in [-0.3, -0.25) is 4.90 Å². The molecule has 2 heteroatoms. The van der Waals surface area contributed by atoms with Crippen LogP contribution in [0.15, 0.2) is 0 Å². The van der Waals surface area contributed by atoms with Crippen LogP contribution >= 0.6 is 0 Å². The summed E-state index contributed by atoms with van der Waals surface area (Å²) in [4.78, 5) is 2.60. The van der Waals surface area contributed by atoms with E-state index in [-0.39, 0.29) is 5.41 Å². The lowest BCUT2D eigenvalue weighted by Gasteiger charge is -2.46. The number of aliphatic hydroxyl groups excluding tert-OH is 1. The zero-order valence-corrected chi connectivity index (χ0v) is 8.63. The normalized spacial score (nSPS) is 41.5. The zero-order valence-electron chi connectivity index (χ0n) is 8.63. The summed E-state index contributed by atoms with van der Waals surface area (Å²) in [7, 11) is 0. The van der Waals surface area contributed by atoms with Crippen LogP contribution in [-0.2, 0) is 0 Å². The first-order valence-electron chi connectivity index (χ1n) is 5.58. The Labute approximate surface area is 80.9 Å². The van der Waals surface area contributed by atoms with Crippen molar-refractivity contribution < 1.29 is 5.11 Å². The monoisotopic (exact) mass is 183 g/mol. The van der Waals surface area contributed by atoms with Crippen LogP contribution in [0.2, 0.25) is 0 Å². The van der Waals surface area contributed by atoms with Crippen LogP contribution in [0.3, 0.4) is 0 Å². The summed E-state index contributed by atoms with van der Waals surface area (Å²) in [6.07, 6.45) is 6.68. The third-order valence-corrected chi connectivity index (χ3v) is 3.80. The Hall–Kier alpha value is -0.0800. The van der Waals surface area contributed by atoms with E-state index >= 15 is 0 Å². The van der Waals surface area contributed by atoms with Crippen molar-refractivity contribution >= 4 is 0 Å². The standard InChI is InChI=1S/C11H21NO/c1-11(9-13)6-5-10-4-2-3-7-12(10)8-11/h10,13H,2-9H2,1H3/t10?,11-/m1/s1. The number of hydrogen-bond acceptors (Lipinski definition) is 2. The molecule has 0 aromatic heterocycles. The summed E-state index contributed by atoms with van der Waals surface area (Å²) in [6.45, 7) is 4.96. The maximum Gasteiger partial charge on any atom is 0.0497 e. The molecule has 2 nitrogen and oxygen atoms in total. The molecular formula is C11H21NO. The number of piperidine rings is 2. The highest BCUT2D eigenvalue weighted by atomic mass is 16.3. The molecule has 0 bridgehead atoms. The van der Waals surface area contributed by atoms with Crippen molar-refractivity contribution in [3.63, 3.8) is 0 Å². The number of hydrogen-bond donors (Lipinski definition) is 1. The highest BCUT2D eigenvalue weighted by Gasteiger charge is 2.36. The Morgan fingerprint density at radius 2 is 2.23 bits per heavy atom. The average Bonchev–Trinajstić information content (AvgIpc) is 2.18. The van der Waals surface area contributed by atoms with Gasteiger partial charge in [-0.15, -0.1) is 0 Å². The Kier molecular flexibility index (Phi) is 2.61. The van der Waals surface area contributed by atoms with Gasteiger partial charge >= 0.3 is 0 Å². The van der Waals surface area contributed by atoms with Crippen molar-refractivity contribution in [2.24, 2.45) is 5.41 Å². The van der Waals surface area contributed by atoms with E-state index in [1.807, 2.05) is 0 Å². The molecule has 2 fully saturated rings. The van der Waals surface area contributed by atoms with Gasteiger partial charge in [0.15, 0.2) is 0 Å². The van der Waals surface area contributed by atoms with Gasteiger partial charge in [0, 0.05) is 24.6 Å². The first-order valence-corrected chi connectivity index (χ1v) is 5.58. The van der Waals surface area contributed by atoms with E-state index in [9.17, 15) is 5.11 Å². The molecule has 0 amide bonds. The summed E-state index contributed by atoms with van der Waals surface area (Å²) in [5, 5.41) is 9.31. The van der Waals surface area contributed by atoms with Crippen LogP contribution in [0.5, 0.6) is 0 Å². The fourth-order valence-corrected chi connectivity index (χ4v) is 2.81. The van der Waals surface area contributed by atoms with Crippen LogP contribution in [-0.4, -0.2) is 35.7 Å². The summed E-state index contributed by atoms with van der Waals surface area (Å²) >= 11 is 0. The largest absolute Gasteiger partial charge is 0.396 e. The molecule has 2 atom stereocenters. The summed E-state index contributed by atoms with van der Waals surface area (Å²) < 4.78 is 0. The van der Waals surface area contributed by atoms with Crippen LogP contribution in [0.25, 0.3) is 0 Å². The van der Waals surface area contributed by atoms with Crippen LogP contribution in [0.1, 0.15) is 39.0 Å². The Morgan fingerprint density at radius 3 is 3.00 bits per heavy atom. The number of rotatable bonds is 1. The molecule has 0 radical (unpaired) electrons. The Balaban J connectivity index is 1.98. The SMILES string of the molecule is C[C@@]1(CO)CCC2CCCCN2C1. The van der Waals surface area contributed by atoms with Gasteiger partial charge in [-0.25, -0.2) is 0 Å². The van der Waals surface area contributed by atoms with E-state index in [2.05, 4.69) is 11.8 Å². The van der Waals surface area contributed by atoms with Gasteiger partial charge in [-0.05, 0) is 32.2 Å². The van der Waals surface area contributed by atoms with Gasteiger partial charge in [0.25, 0.3) is 0 Å². The predicted molar refractivity (Wildman–Crippen MR) is 53.6 cm³/mol. The molecule has 1 unspecified atom stereocenters. The first-order chi connectivity index (χ1) is 6.23. The lowest BCUT2D eigenvalue weighted by Crippen LogP contribution is -2.51. The maximum atomic E-state index is 9.31. The minimum atomic E-state index is 0.188. The number of aliphatic hydroxyl groups is 1. The van der Waals surface area contributed by atoms with Gasteiger partial charge in [0.2, 0.25) is 0 Å². The molecule has 2 aliphatic heterocycles. The first kappa shape index (κ1) is 9.47. The maximum absolute atomic E-state index is 9.31. The summed E-state index contributed by atoms with van der Waals surface area (Å²) in [5.41, 5.74) is 0.188. The van der Waals surface area contributed by atoms with E-state index in [1.54, 1.807) is 0 Å². The average molecular weight is 183 g/mol. The van der Waals surface area contributed by atoms with Crippen molar-refractivity contribution in [3.8, 4) is 0 Å². The van der Waals surface area contributed by atoms with E-state index < -0.39 is 0 Å². The van der Waals surface area contributed by atoms with Gasteiger partial charge in [0.1, 0.15) is 0 Å². The van der Waals surface area contributed by atoms with E-state index in [1.165, 1.54) is 38.6 Å². The molecule has 1 N–H and O–H groups in total. The predicted octanol–water partition coefficient (Wildman–Crippen LogP) is 1.63. The van der Waals surface area contributed by atoms with Crippen LogP contribution in [0.4, 0.5) is 0 Å². The van der Waals surface area contributed by atoms with Gasteiger partial charge < -0.3 is 5.11 Å². The second-order valence-electron chi connectivity index (χ2n) is 5.13. The highest BCUT2D eigenvalue weighted by molar-refractivity contribution is 4.90. The third-order valence-electron chi connectivity index (χ3n) is 3.80. The minimum absolute atomic E-state index is 0.188. The Bertz CT molecular complexity index is 183. The zero-order chi connectivity index (χ0) is 9.31. The fraction of sp³-hybridized carbons (Fsp3) is 1.00. The third kappa shape index (κ3) is 1.89. The Morgan fingerprint density at radius 1 is 1.38 bits per heavy atom. The molecule has 0 aromatic rings. The highest BCUT2D eigenvalue weighted by Crippen LogP contribution is 2.35. The molecule has 0 saturated carbocycles. The van der Waals surface area contributed by atoms with Crippen molar-refractivity contribution in [1.29, 1.82) is 0 Å². The molecule has 2 aliphatic rings. The summed E-state index contributed by atoms with van der Waals surface area (Å²) in [6, 6.07) is 0.841. The number of fused-ring (bicyclic) bond motifs is 1.